The van der Waals surface area contributed by atoms with Crippen molar-refractivity contribution in [2.24, 2.45) is 0 Å². The SMILES string of the molecule is CCCN(CCC)Cc1coc(Cc2ncn3c2CNC(=O)c2c(Cl)cccc2-3)n1. The van der Waals surface area contributed by atoms with Gasteiger partial charge in [-0.15, -0.1) is 0 Å². The average Bonchev–Trinajstić information content (AvgIpc) is 3.29. The Labute approximate surface area is 181 Å². The molecule has 0 spiro atoms. The molecule has 0 atom stereocenters. The quantitative estimate of drug-likeness (QED) is 0.588. The summed E-state index contributed by atoms with van der Waals surface area (Å²) in [6.07, 6.45) is 6.16. The topological polar surface area (TPSA) is 76.2 Å². The van der Waals surface area contributed by atoms with E-state index in [1.165, 1.54) is 0 Å². The summed E-state index contributed by atoms with van der Waals surface area (Å²) in [6, 6.07) is 5.43. The third kappa shape index (κ3) is 4.13. The Morgan fingerprint density at radius 3 is 2.83 bits per heavy atom. The normalized spacial score (nSPS) is 13.1. The van der Waals surface area contributed by atoms with Gasteiger partial charge in [0.05, 0.1) is 52.6 Å². The molecule has 3 aromatic rings. The standard InChI is InChI=1S/C22H26ClN5O2/c1-3-8-27(9-4-2)12-15-13-30-20(26-15)10-17-19-11-24-22(29)21-16(23)6-5-7-18(21)28(19)14-25-17/h5-7,13-14H,3-4,8-12H2,1-2H3,(H,24,29). The fourth-order valence-electron chi connectivity index (χ4n) is 3.92. The van der Waals surface area contributed by atoms with Gasteiger partial charge in [-0.1, -0.05) is 31.5 Å². The summed E-state index contributed by atoms with van der Waals surface area (Å²) >= 11 is 6.28. The van der Waals surface area contributed by atoms with Crippen molar-refractivity contribution < 1.29 is 9.21 Å². The molecular weight excluding hydrogens is 402 g/mol. The van der Waals surface area contributed by atoms with Crippen molar-refractivity contribution >= 4 is 17.5 Å². The lowest BCUT2D eigenvalue weighted by molar-refractivity contribution is 0.0953. The Balaban J connectivity index is 1.56. The summed E-state index contributed by atoms with van der Waals surface area (Å²) in [6.45, 7) is 7.62. The third-order valence-electron chi connectivity index (χ3n) is 5.23. The van der Waals surface area contributed by atoms with E-state index < -0.39 is 0 Å². The lowest BCUT2D eigenvalue weighted by Crippen LogP contribution is -2.25. The number of hydrogen-bond donors (Lipinski definition) is 1. The molecule has 2 aromatic heterocycles. The molecule has 8 heteroatoms. The van der Waals surface area contributed by atoms with Gasteiger partial charge in [-0.25, -0.2) is 9.97 Å². The van der Waals surface area contributed by atoms with Gasteiger partial charge in [0.2, 0.25) is 0 Å². The minimum absolute atomic E-state index is 0.185. The van der Waals surface area contributed by atoms with E-state index in [0.717, 1.165) is 55.2 Å². The van der Waals surface area contributed by atoms with E-state index in [9.17, 15) is 4.79 Å². The highest BCUT2D eigenvalue weighted by Crippen LogP contribution is 2.28. The van der Waals surface area contributed by atoms with Crippen molar-refractivity contribution in [3.63, 3.8) is 0 Å². The van der Waals surface area contributed by atoms with E-state index in [4.69, 9.17) is 16.0 Å². The summed E-state index contributed by atoms with van der Waals surface area (Å²) in [5.41, 5.74) is 3.86. The first kappa shape index (κ1) is 20.6. The van der Waals surface area contributed by atoms with E-state index >= 15 is 0 Å². The number of hydrogen-bond acceptors (Lipinski definition) is 5. The molecule has 0 fully saturated rings. The van der Waals surface area contributed by atoms with Gasteiger partial charge >= 0.3 is 0 Å². The van der Waals surface area contributed by atoms with Crippen molar-refractivity contribution in [3.8, 4) is 5.69 Å². The fraction of sp³-hybridized carbons (Fsp3) is 0.409. The number of carbonyl (C=O) groups is 1. The Bertz CT molecular complexity index is 1040. The van der Waals surface area contributed by atoms with Gasteiger partial charge < -0.3 is 14.3 Å². The van der Waals surface area contributed by atoms with Gasteiger partial charge in [0.1, 0.15) is 6.26 Å². The second-order valence-corrected chi connectivity index (χ2v) is 7.92. The maximum atomic E-state index is 12.5. The van der Waals surface area contributed by atoms with Gasteiger partial charge in [-0.05, 0) is 38.1 Å². The van der Waals surface area contributed by atoms with Crippen molar-refractivity contribution in [3.05, 3.63) is 64.3 Å². The molecule has 158 valence electrons. The molecule has 30 heavy (non-hydrogen) atoms. The van der Waals surface area contributed by atoms with Crippen molar-refractivity contribution in [1.29, 1.82) is 0 Å². The summed E-state index contributed by atoms with van der Waals surface area (Å²) in [7, 11) is 0. The van der Waals surface area contributed by atoms with Crippen LogP contribution in [0.15, 0.2) is 35.2 Å². The van der Waals surface area contributed by atoms with E-state index in [1.807, 2.05) is 16.7 Å². The number of halogens is 1. The number of fused-ring (bicyclic) bond motifs is 3. The molecule has 1 aromatic carbocycles. The zero-order valence-corrected chi connectivity index (χ0v) is 18.1. The molecule has 0 bridgehead atoms. The van der Waals surface area contributed by atoms with Crippen LogP contribution in [0.1, 0.15) is 60.0 Å². The molecule has 0 radical (unpaired) electrons. The fourth-order valence-corrected chi connectivity index (χ4v) is 4.18. The second-order valence-electron chi connectivity index (χ2n) is 7.51. The molecule has 3 heterocycles. The maximum Gasteiger partial charge on any atom is 0.255 e. The average molecular weight is 428 g/mol. The summed E-state index contributed by atoms with van der Waals surface area (Å²) < 4.78 is 7.65. The Morgan fingerprint density at radius 2 is 2.07 bits per heavy atom. The Hall–Kier alpha value is -2.64. The molecule has 1 N–H and O–H groups in total. The number of benzene rings is 1. The molecule has 1 amide bonds. The van der Waals surface area contributed by atoms with E-state index in [0.29, 0.717) is 29.4 Å². The lowest BCUT2D eigenvalue weighted by Gasteiger charge is -2.19. The Kier molecular flexibility index (Phi) is 6.20. The van der Waals surface area contributed by atoms with Crippen LogP contribution in [-0.2, 0) is 19.5 Å². The predicted octanol–water partition coefficient (Wildman–Crippen LogP) is 3.97. The molecule has 1 aliphatic rings. The van der Waals surface area contributed by atoms with E-state index in [1.54, 1.807) is 18.7 Å². The second kappa shape index (κ2) is 9.02. The number of carbonyl (C=O) groups excluding carboxylic acids is 1. The van der Waals surface area contributed by atoms with Gasteiger partial charge in [0, 0.05) is 6.54 Å². The van der Waals surface area contributed by atoms with Gasteiger partial charge in [0.15, 0.2) is 5.89 Å². The minimum Gasteiger partial charge on any atom is -0.448 e. The van der Waals surface area contributed by atoms with E-state index in [2.05, 4.69) is 34.0 Å². The number of rotatable bonds is 8. The van der Waals surface area contributed by atoms with Crippen LogP contribution in [0.25, 0.3) is 5.69 Å². The first-order valence-electron chi connectivity index (χ1n) is 10.4. The smallest absolute Gasteiger partial charge is 0.255 e. The van der Waals surface area contributed by atoms with Crippen LogP contribution in [0.3, 0.4) is 0 Å². The third-order valence-corrected chi connectivity index (χ3v) is 5.55. The predicted molar refractivity (Wildman–Crippen MR) is 115 cm³/mol. The van der Waals surface area contributed by atoms with Crippen LogP contribution in [0.2, 0.25) is 5.02 Å². The first-order chi connectivity index (χ1) is 14.6. The van der Waals surface area contributed by atoms with Gasteiger partial charge in [-0.3, -0.25) is 9.69 Å². The van der Waals surface area contributed by atoms with Crippen LogP contribution in [-0.4, -0.2) is 38.4 Å². The summed E-state index contributed by atoms with van der Waals surface area (Å²) in [5, 5.41) is 3.35. The highest BCUT2D eigenvalue weighted by atomic mass is 35.5. The van der Waals surface area contributed by atoms with E-state index in [-0.39, 0.29) is 5.91 Å². The van der Waals surface area contributed by atoms with Crippen LogP contribution in [0.5, 0.6) is 0 Å². The van der Waals surface area contributed by atoms with Gasteiger partial charge in [0.25, 0.3) is 5.91 Å². The zero-order chi connectivity index (χ0) is 21.1. The molecule has 7 nitrogen and oxygen atoms in total. The first-order valence-corrected chi connectivity index (χ1v) is 10.8. The number of oxazole rings is 1. The van der Waals surface area contributed by atoms with Crippen LogP contribution in [0.4, 0.5) is 0 Å². The van der Waals surface area contributed by atoms with Crippen LogP contribution in [0, 0.1) is 0 Å². The maximum absolute atomic E-state index is 12.5. The highest BCUT2D eigenvalue weighted by molar-refractivity contribution is 6.34. The van der Waals surface area contributed by atoms with Crippen molar-refractivity contribution in [1.82, 2.24) is 24.8 Å². The summed E-state index contributed by atoms with van der Waals surface area (Å²) in [4.78, 5) is 24.1. The highest BCUT2D eigenvalue weighted by Gasteiger charge is 2.25. The lowest BCUT2D eigenvalue weighted by atomic mass is 10.1. The molecule has 0 saturated carbocycles. The molecule has 0 aliphatic carbocycles. The zero-order valence-electron chi connectivity index (χ0n) is 17.3. The monoisotopic (exact) mass is 427 g/mol. The Morgan fingerprint density at radius 1 is 1.27 bits per heavy atom. The van der Waals surface area contributed by atoms with Crippen molar-refractivity contribution in [2.75, 3.05) is 13.1 Å². The largest absolute Gasteiger partial charge is 0.448 e. The molecule has 0 saturated heterocycles. The minimum atomic E-state index is -0.185. The van der Waals surface area contributed by atoms with Gasteiger partial charge in [-0.2, -0.15) is 0 Å². The number of aromatic nitrogens is 3. The van der Waals surface area contributed by atoms with Crippen molar-refractivity contribution in [2.45, 2.75) is 46.2 Å². The van der Waals surface area contributed by atoms with Crippen LogP contribution >= 0.6 is 11.6 Å². The molecule has 4 rings (SSSR count). The number of imidazole rings is 1. The summed E-state index contributed by atoms with van der Waals surface area (Å²) in [5.74, 6) is 0.442. The number of nitrogens with one attached hydrogen (secondary N) is 1. The molecule has 0 unspecified atom stereocenters. The molecule has 1 aliphatic heterocycles. The van der Waals surface area contributed by atoms with Crippen LogP contribution < -0.4 is 5.32 Å². The number of nitrogens with zero attached hydrogens (tertiary/aromatic N) is 4. The number of amides is 1. The molecular formula is C22H26ClN5O2.